The van der Waals surface area contributed by atoms with Gasteiger partial charge in [-0.25, -0.2) is 4.98 Å². The number of ketones is 1. The van der Waals surface area contributed by atoms with Crippen molar-refractivity contribution in [1.82, 2.24) is 9.97 Å². The molecule has 2 aromatic heterocycles. The van der Waals surface area contributed by atoms with Crippen LogP contribution in [0.3, 0.4) is 0 Å². The zero-order valence-corrected chi connectivity index (χ0v) is 15.4. The van der Waals surface area contributed by atoms with Gasteiger partial charge in [0.1, 0.15) is 5.69 Å². The third-order valence-electron chi connectivity index (χ3n) is 3.34. The molecule has 0 bridgehead atoms. The highest BCUT2D eigenvalue weighted by atomic mass is 32.2. The van der Waals surface area contributed by atoms with Crippen LogP contribution in [0.4, 0.5) is 5.13 Å². The Balaban J connectivity index is 2.19. The highest BCUT2D eigenvalue weighted by Crippen LogP contribution is 2.32. The van der Waals surface area contributed by atoms with Crippen molar-refractivity contribution in [3.63, 3.8) is 0 Å². The molecule has 7 nitrogen and oxygen atoms in total. The molecule has 0 fully saturated rings. The first-order valence-electron chi connectivity index (χ1n) is 7.10. The number of aryl methyl sites for hydroxylation is 2. The van der Waals surface area contributed by atoms with Crippen molar-refractivity contribution in [1.29, 1.82) is 0 Å². The molecule has 0 radical (unpaired) electrons. The summed E-state index contributed by atoms with van der Waals surface area (Å²) in [4.78, 5) is 42.2. The van der Waals surface area contributed by atoms with E-state index in [0.29, 0.717) is 27.6 Å². The van der Waals surface area contributed by atoms with Crippen molar-refractivity contribution >= 4 is 45.8 Å². The lowest BCUT2D eigenvalue weighted by Gasteiger charge is -2.01. The van der Waals surface area contributed by atoms with Crippen LogP contribution in [0.25, 0.3) is 0 Å². The maximum absolute atomic E-state index is 12.4. The minimum atomic E-state index is -0.410. The van der Waals surface area contributed by atoms with Gasteiger partial charge in [0.2, 0.25) is 5.91 Å². The number of aromatic amines is 1. The summed E-state index contributed by atoms with van der Waals surface area (Å²) in [5, 5.41) is 3.15. The number of primary amides is 1. The Labute approximate surface area is 147 Å². The number of nitrogens with zero attached hydrogens (tertiary/aromatic N) is 1. The van der Waals surface area contributed by atoms with Crippen molar-refractivity contribution in [2.24, 2.45) is 5.73 Å². The molecule has 2 amide bonds. The number of nitrogens with one attached hydrogen (secondary N) is 2. The Hall–Kier alpha value is -2.13. The van der Waals surface area contributed by atoms with Crippen LogP contribution in [-0.2, 0) is 4.79 Å². The standard InChI is InChI=1S/C15H18N4O3S2/c1-6-11(9(4)20)7(2)17-12(6)13(22)19-15-18-8(3)14(24-15)23-5-10(16)21/h17H,5H2,1-4H3,(H2,16,21)(H,18,19,22). The van der Waals surface area contributed by atoms with Gasteiger partial charge in [-0.15, -0.1) is 11.8 Å². The van der Waals surface area contributed by atoms with Crippen LogP contribution >= 0.6 is 23.1 Å². The van der Waals surface area contributed by atoms with E-state index >= 15 is 0 Å². The SMILES string of the molecule is CC(=O)c1c(C)[nH]c(C(=O)Nc2nc(C)c(SCC(N)=O)s2)c1C. The summed E-state index contributed by atoms with van der Waals surface area (Å²) in [6.07, 6.45) is 0. The van der Waals surface area contributed by atoms with E-state index in [4.69, 9.17) is 5.73 Å². The van der Waals surface area contributed by atoms with Crippen LogP contribution in [0.1, 0.15) is 44.7 Å². The summed E-state index contributed by atoms with van der Waals surface area (Å²) in [5.41, 5.74) is 8.03. The van der Waals surface area contributed by atoms with Gasteiger partial charge in [0, 0.05) is 11.3 Å². The lowest BCUT2D eigenvalue weighted by Crippen LogP contribution is -2.13. The summed E-state index contributed by atoms with van der Waals surface area (Å²) in [5.74, 6) is -0.695. The molecule has 0 saturated carbocycles. The van der Waals surface area contributed by atoms with E-state index in [2.05, 4.69) is 15.3 Å². The Morgan fingerprint density at radius 2 is 1.96 bits per heavy atom. The Morgan fingerprint density at radius 3 is 2.50 bits per heavy atom. The van der Waals surface area contributed by atoms with E-state index in [-0.39, 0.29) is 17.4 Å². The van der Waals surface area contributed by atoms with E-state index in [0.717, 1.165) is 9.90 Å². The number of H-pyrrole nitrogens is 1. The molecule has 0 spiro atoms. The first-order chi connectivity index (χ1) is 11.2. The molecule has 2 heterocycles. The molecule has 0 atom stereocenters. The fraction of sp³-hybridized carbons (Fsp3) is 0.333. The number of hydrogen-bond donors (Lipinski definition) is 3. The first kappa shape index (κ1) is 18.2. The summed E-state index contributed by atoms with van der Waals surface area (Å²) in [7, 11) is 0. The maximum atomic E-state index is 12.4. The van der Waals surface area contributed by atoms with Crippen molar-refractivity contribution in [3.05, 3.63) is 28.2 Å². The molecule has 0 aliphatic heterocycles. The van der Waals surface area contributed by atoms with Crippen LogP contribution in [0.15, 0.2) is 4.21 Å². The minimum absolute atomic E-state index is 0.0875. The minimum Gasteiger partial charge on any atom is -0.369 e. The molecular weight excluding hydrogens is 348 g/mol. The van der Waals surface area contributed by atoms with Crippen LogP contribution in [0.5, 0.6) is 0 Å². The maximum Gasteiger partial charge on any atom is 0.274 e. The van der Waals surface area contributed by atoms with Crippen LogP contribution in [0.2, 0.25) is 0 Å². The zero-order chi connectivity index (χ0) is 18.0. The molecule has 4 N–H and O–H groups in total. The van der Waals surface area contributed by atoms with Crippen molar-refractivity contribution in [2.75, 3.05) is 11.1 Å². The summed E-state index contributed by atoms with van der Waals surface area (Å²) >= 11 is 2.57. The molecule has 24 heavy (non-hydrogen) atoms. The largest absolute Gasteiger partial charge is 0.369 e. The smallest absolute Gasteiger partial charge is 0.274 e. The van der Waals surface area contributed by atoms with E-state index in [1.165, 1.54) is 30.0 Å². The zero-order valence-electron chi connectivity index (χ0n) is 13.8. The predicted molar refractivity (Wildman–Crippen MR) is 95.0 cm³/mol. The van der Waals surface area contributed by atoms with Gasteiger partial charge < -0.3 is 10.7 Å². The molecule has 2 rings (SSSR count). The fourth-order valence-electron chi connectivity index (χ4n) is 2.37. The quantitative estimate of drug-likeness (QED) is 0.536. The lowest BCUT2D eigenvalue weighted by molar-refractivity contribution is -0.115. The number of thioether (sulfide) groups is 1. The van der Waals surface area contributed by atoms with Crippen molar-refractivity contribution in [3.8, 4) is 0 Å². The average molecular weight is 366 g/mol. The van der Waals surface area contributed by atoms with Gasteiger partial charge in [0.25, 0.3) is 5.91 Å². The summed E-state index contributed by atoms with van der Waals surface area (Å²) in [6.45, 7) is 6.76. The second-order valence-corrected chi connectivity index (χ2v) is 7.53. The third-order valence-corrected chi connectivity index (χ3v) is 5.79. The van der Waals surface area contributed by atoms with Gasteiger partial charge in [-0.2, -0.15) is 0 Å². The number of Topliss-reactive ketones (excluding diaryl/α,β-unsaturated/α-hetero) is 1. The lowest BCUT2D eigenvalue weighted by atomic mass is 10.1. The molecule has 2 aromatic rings. The highest BCUT2D eigenvalue weighted by Gasteiger charge is 2.21. The number of carbonyl (C=O) groups is 3. The summed E-state index contributed by atoms with van der Waals surface area (Å²) < 4.78 is 0.827. The number of hydrogen-bond acceptors (Lipinski definition) is 6. The second-order valence-electron chi connectivity index (χ2n) is 5.28. The molecule has 0 unspecified atom stereocenters. The third kappa shape index (κ3) is 3.85. The van der Waals surface area contributed by atoms with Crippen LogP contribution < -0.4 is 11.1 Å². The van der Waals surface area contributed by atoms with E-state index < -0.39 is 5.91 Å². The molecule has 0 saturated heterocycles. The molecule has 0 aliphatic carbocycles. The fourth-order valence-corrected chi connectivity index (χ4v) is 4.24. The number of nitrogens with two attached hydrogens (primary N) is 1. The number of rotatable bonds is 6. The van der Waals surface area contributed by atoms with Gasteiger partial charge in [-0.05, 0) is 33.3 Å². The van der Waals surface area contributed by atoms with Gasteiger partial charge in [-0.3, -0.25) is 19.7 Å². The summed E-state index contributed by atoms with van der Waals surface area (Å²) in [6, 6.07) is 0. The molecule has 0 aliphatic rings. The number of aromatic nitrogens is 2. The number of amides is 2. The van der Waals surface area contributed by atoms with Gasteiger partial charge in [0.15, 0.2) is 10.9 Å². The number of carbonyl (C=O) groups excluding carboxylic acids is 3. The molecule has 128 valence electrons. The van der Waals surface area contributed by atoms with E-state index in [1.807, 2.05) is 0 Å². The van der Waals surface area contributed by atoms with Crippen molar-refractivity contribution in [2.45, 2.75) is 31.9 Å². The normalized spacial score (nSPS) is 10.7. The predicted octanol–water partition coefficient (Wildman–Crippen LogP) is 2.43. The van der Waals surface area contributed by atoms with Gasteiger partial charge >= 0.3 is 0 Å². The second kappa shape index (κ2) is 7.18. The highest BCUT2D eigenvalue weighted by molar-refractivity contribution is 8.01. The first-order valence-corrected chi connectivity index (χ1v) is 8.90. The monoisotopic (exact) mass is 366 g/mol. The Morgan fingerprint density at radius 1 is 1.29 bits per heavy atom. The number of anilines is 1. The van der Waals surface area contributed by atoms with Gasteiger partial charge in [0.05, 0.1) is 15.7 Å². The Bertz CT molecular complexity index is 823. The number of thiazole rings is 1. The van der Waals surface area contributed by atoms with Crippen LogP contribution in [0, 0.1) is 20.8 Å². The van der Waals surface area contributed by atoms with Gasteiger partial charge in [-0.1, -0.05) is 11.3 Å². The topological polar surface area (TPSA) is 118 Å². The van der Waals surface area contributed by atoms with Crippen LogP contribution in [-0.4, -0.2) is 33.3 Å². The van der Waals surface area contributed by atoms with E-state index in [9.17, 15) is 14.4 Å². The van der Waals surface area contributed by atoms with E-state index in [1.54, 1.807) is 20.8 Å². The Kier molecular flexibility index (Phi) is 5.45. The van der Waals surface area contributed by atoms with Crippen molar-refractivity contribution < 1.29 is 14.4 Å². The molecule has 0 aromatic carbocycles. The molecular formula is C15H18N4O3S2. The average Bonchev–Trinajstić information content (AvgIpc) is 2.96. The molecule has 9 heteroatoms.